The molecule has 0 saturated heterocycles. The Morgan fingerprint density at radius 1 is 1.54 bits per heavy atom. The van der Waals surface area contributed by atoms with Crippen molar-refractivity contribution in [3.05, 3.63) is 5.82 Å². The number of nitrogens with zero attached hydrogens (tertiary/aromatic N) is 4. The lowest BCUT2D eigenvalue weighted by atomic mass is 10.3. The maximum Gasteiger partial charge on any atom is 0.181 e. The van der Waals surface area contributed by atoms with Crippen molar-refractivity contribution in [3.8, 4) is 0 Å². The molecule has 0 fully saturated rings. The van der Waals surface area contributed by atoms with Crippen molar-refractivity contribution in [1.82, 2.24) is 25.5 Å². The highest BCUT2D eigenvalue weighted by Gasteiger charge is 2.16. The Labute approximate surface area is 76.9 Å². The lowest BCUT2D eigenvalue weighted by molar-refractivity contribution is 0.159. The monoisotopic (exact) mass is 185 g/mol. The van der Waals surface area contributed by atoms with E-state index < -0.39 is 6.10 Å². The van der Waals surface area contributed by atoms with Gasteiger partial charge in [0, 0.05) is 6.54 Å². The predicted octanol–water partition coefficient (Wildman–Crippen LogP) is -0.493. The number of aliphatic hydroxyl groups is 1. The van der Waals surface area contributed by atoms with E-state index in [1.807, 2.05) is 13.8 Å². The van der Waals surface area contributed by atoms with Crippen molar-refractivity contribution in [2.45, 2.75) is 26.0 Å². The van der Waals surface area contributed by atoms with Gasteiger partial charge in [-0.1, -0.05) is 0 Å². The normalized spacial score (nSPS) is 13.6. The van der Waals surface area contributed by atoms with Crippen LogP contribution in [0.15, 0.2) is 0 Å². The van der Waals surface area contributed by atoms with Gasteiger partial charge in [0.25, 0.3) is 0 Å². The molecule has 1 aromatic rings. The van der Waals surface area contributed by atoms with Crippen LogP contribution in [0.2, 0.25) is 0 Å². The zero-order chi connectivity index (χ0) is 9.84. The summed E-state index contributed by atoms with van der Waals surface area (Å²) in [6, 6.07) is 0.163. The van der Waals surface area contributed by atoms with Crippen molar-refractivity contribution >= 4 is 0 Å². The van der Waals surface area contributed by atoms with E-state index in [1.165, 1.54) is 0 Å². The topological polar surface area (TPSA) is 75.9 Å². The molecule has 13 heavy (non-hydrogen) atoms. The fraction of sp³-hybridized carbons (Fsp3) is 0.857. The number of hydrogen-bond donors (Lipinski definition) is 2. The van der Waals surface area contributed by atoms with Gasteiger partial charge in [0.05, 0.1) is 6.04 Å². The van der Waals surface area contributed by atoms with Crippen molar-refractivity contribution in [2.75, 3.05) is 13.6 Å². The molecule has 0 amide bonds. The molecule has 74 valence electrons. The van der Waals surface area contributed by atoms with Gasteiger partial charge in [-0.3, -0.25) is 0 Å². The molecule has 1 unspecified atom stereocenters. The molecule has 0 aliphatic heterocycles. The molecule has 2 N–H and O–H groups in total. The third-order valence-electron chi connectivity index (χ3n) is 1.70. The SMILES string of the molecule is CNCC(O)c1nnnn1C(C)C. The second kappa shape index (κ2) is 4.29. The zero-order valence-corrected chi connectivity index (χ0v) is 8.10. The van der Waals surface area contributed by atoms with Gasteiger partial charge in [0.2, 0.25) is 0 Å². The van der Waals surface area contributed by atoms with Gasteiger partial charge in [0.15, 0.2) is 5.82 Å². The smallest absolute Gasteiger partial charge is 0.181 e. The zero-order valence-electron chi connectivity index (χ0n) is 8.10. The van der Waals surface area contributed by atoms with Crippen LogP contribution in [0, 0.1) is 0 Å². The lowest BCUT2D eigenvalue weighted by Gasteiger charge is -2.11. The summed E-state index contributed by atoms with van der Waals surface area (Å²) < 4.78 is 1.61. The Morgan fingerprint density at radius 2 is 2.23 bits per heavy atom. The molecular formula is C7H15N5O. The summed E-state index contributed by atoms with van der Waals surface area (Å²) in [7, 11) is 1.77. The summed E-state index contributed by atoms with van der Waals surface area (Å²) >= 11 is 0. The third-order valence-corrected chi connectivity index (χ3v) is 1.70. The number of nitrogens with one attached hydrogen (secondary N) is 1. The Bertz CT molecular complexity index is 259. The largest absolute Gasteiger partial charge is 0.384 e. The van der Waals surface area contributed by atoms with Crippen LogP contribution in [0.25, 0.3) is 0 Å². The van der Waals surface area contributed by atoms with Gasteiger partial charge in [-0.15, -0.1) is 5.10 Å². The molecule has 6 nitrogen and oxygen atoms in total. The van der Waals surface area contributed by atoms with E-state index >= 15 is 0 Å². The average molecular weight is 185 g/mol. The van der Waals surface area contributed by atoms with Crippen LogP contribution in [-0.4, -0.2) is 38.9 Å². The Morgan fingerprint density at radius 3 is 2.77 bits per heavy atom. The minimum absolute atomic E-state index is 0.163. The lowest BCUT2D eigenvalue weighted by Crippen LogP contribution is -2.21. The van der Waals surface area contributed by atoms with Gasteiger partial charge in [0.1, 0.15) is 6.10 Å². The Kier molecular flexibility index (Phi) is 3.32. The number of hydrogen-bond acceptors (Lipinski definition) is 5. The second-order valence-corrected chi connectivity index (χ2v) is 3.15. The van der Waals surface area contributed by atoms with Gasteiger partial charge < -0.3 is 10.4 Å². The first-order chi connectivity index (χ1) is 6.16. The molecule has 1 aromatic heterocycles. The van der Waals surface area contributed by atoms with Gasteiger partial charge >= 0.3 is 0 Å². The highest BCUT2D eigenvalue weighted by molar-refractivity contribution is 4.89. The molecule has 0 spiro atoms. The van der Waals surface area contributed by atoms with E-state index in [-0.39, 0.29) is 6.04 Å². The van der Waals surface area contributed by atoms with Crippen LogP contribution in [0.1, 0.15) is 31.8 Å². The first-order valence-corrected chi connectivity index (χ1v) is 4.27. The van der Waals surface area contributed by atoms with E-state index in [0.717, 1.165) is 0 Å². The van der Waals surface area contributed by atoms with E-state index in [9.17, 15) is 5.11 Å². The molecule has 1 atom stereocenters. The molecule has 0 saturated carbocycles. The van der Waals surface area contributed by atoms with E-state index in [0.29, 0.717) is 12.4 Å². The van der Waals surface area contributed by atoms with E-state index in [4.69, 9.17) is 0 Å². The van der Waals surface area contributed by atoms with Crippen molar-refractivity contribution in [2.24, 2.45) is 0 Å². The van der Waals surface area contributed by atoms with Gasteiger partial charge in [-0.25, -0.2) is 4.68 Å². The van der Waals surface area contributed by atoms with Crippen molar-refractivity contribution < 1.29 is 5.11 Å². The van der Waals surface area contributed by atoms with Crippen LogP contribution in [-0.2, 0) is 0 Å². The minimum atomic E-state index is -0.651. The molecule has 0 aliphatic rings. The van der Waals surface area contributed by atoms with Gasteiger partial charge in [-0.05, 0) is 31.3 Å². The van der Waals surface area contributed by atoms with E-state index in [2.05, 4.69) is 20.8 Å². The fourth-order valence-corrected chi connectivity index (χ4v) is 1.07. The highest BCUT2D eigenvalue weighted by Crippen LogP contribution is 2.11. The summed E-state index contributed by atoms with van der Waals surface area (Å²) in [4.78, 5) is 0. The van der Waals surface area contributed by atoms with Crippen molar-refractivity contribution in [3.63, 3.8) is 0 Å². The molecular weight excluding hydrogens is 170 g/mol. The predicted molar refractivity (Wildman–Crippen MR) is 47.1 cm³/mol. The molecule has 1 rings (SSSR count). The first kappa shape index (κ1) is 10.1. The van der Waals surface area contributed by atoms with Crippen LogP contribution in [0.4, 0.5) is 0 Å². The number of likely N-dealkylation sites (N-methyl/N-ethyl adjacent to an activating group) is 1. The molecule has 0 bridgehead atoms. The Balaban J connectivity index is 2.80. The summed E-state index contributed by atoms with van der Waals surface area (Å²) in [6.07, 6.45) is -0.651. The summed E-state index contributed by atoms with van der Waals surface area (Å²) in [6.45, 7) is 4.38. The number of tetrazole rings is 1. The van der Waals surface area contributed by atoms with Crippen LogP contribution >= 0.6 is 0 Å². The quantitative estimate of drug-likeness (QED) is 0.661. The minimum Gasteiger partial charge on any atom is -0.384 e. The van der Waals surface area contributed by atoms with Crippen molar-refractivity contribution in [1.29, 1.82) is 0 Å². The van der Waals surface area contributed by atoms with Crippen LogP contribution in [0.3, 0.4) is 0 Å². The summed E-state index contributed by atoms with van der Waals surface area (Å²) in [5, 5.41) is 23.6. The van der Waals surface area contributed by atoms with E-state index in [1.54, 1.807) is 11.7 Å². The third kappa shape index (κ3) is 2.22. The number of aliphatic hydroxyl groups excluding tert-OH is 1. The first-order valence-electron chi connectivity index (χ1n) is 4.27. The molecule has 6 heteroatoms. The fourth-order valence-electron chi connectivity index (χ4n) is 1.07. The summed E-state index contributed by atoms with van der Waals surface area (Å²) in [5.41, 5.74) is 0. The molecule has 1 heterocycles. The van der Waals surface area contributed by atoms with Crippen LogP contribution < -0.4 is 5.32 Å². The molecule has 0 aromatic carbocycles. The number of aromatic nitrogens is 4. The molecule has 0 aliphatic carbocycles. The van der Waals surface area contributed by atoms with Crippen LogP contribution in [0.5, 0.6) is 0 Å². The maximum atomic E-state index is 9.61. The van der Waals surface area contributed by atoms with Gasteiger partial charge in [-0.2, -0.15) is 0 Å². The average Bonchev–Trinajstić information content (AvgIpc) is 2.52. The highest BCUT2D eigenvalue weighted by atomic mass is 16.3. The standard InChI is InChI=1S/C7H15N5O/c1-5(2)12-7(9-10-11-12)6(13)4-8-3/h5-6,8,13H,4H2,1-3H3. The summed E-state index contributed by atoms with van der Waals surface area (Å²) in [5.74, 6) is 0.504. The Hall–Kier alpha value is -1.01. The second-order valence-electron chi connectivity index (χ2n) is 3.15. The number of rotatable bonds is 4. The molecule has 0 radical (unpaired) electrons. The maximum absolute atomic E-state index is 9.61.